The van der Waals surface area contributed by atoms with Gasteiger partial charge < -0.3 is 11.1 Å². The zero-order valence-corrected chi connectivity index (χ0v) is 12.2. The molecule has 3 heterocycles. The maximum atomic E-state index is 9.02. The van der Waals surface area contributed by atoms with E-state index in [0.29, 0.717) is 12.0 Å². The molecule has 3 aromatic rings. The summed E-state index contributed by atoms with van der Waals surface area (Å²) in [5.41, 5.74) is 8.71. The summed E-state index contributed by atoms with van der Waals surface area (Å²) < 4.78 is 1.80. The fourth-order valence-electron chi connectivity index (χ4n) is 2.35. The molecule has 3 aromatic heterocycles. The van der Waals surface area contributed by atoms with E-state index in [1.54, 1.807) is 10.7 Å². The van der Waals surface area contributed by atoms with Crippen molar-refractivity contribution in [2.45, 2.75) is 19.8 Å². The van der Waals surface area contributed by atoms with Crippen molar-refractivity contribution in [1.82, 2.24) is 24.8 Å². The van der Waals surface area contributed by atoms with E-state index in [9.17, 15) is 0 Å². The average Bonchev–Trinajstić information content (AvgIpc) is 3.05. The quantitative estimate of drug-likeness (QED) is 0.609. The molecule has 0 aliphatic carbocycles. The lowest BCUT2D eigenvalue weighted by molar-refractivity contribution is 0.821. The van der Waals surface area contributed by atoms with E-state index in [1.807, 2.05) is 19.2 Å². The Balaban J connectivity index is 1.62. The van der Waals surface area contributed by atoms with E-state index in [1.165, 1.54) is 0 Å². The third-order valence-corrected chi connectivity index (χ3v) is 3.39. The second-order valence-electron chi connectivity index (χ2n) is 5.00. The van der Waals surface area contributed by atoms with E-state index < -0.39 is 0 Å². The first-order valence-electron chi connectivity index (χ1n) is 6.96. The number of nitrogen functional groups attached to an aromatic ring is 1. The summed E-state index contributed by atoms with van der Waals surface area (Å²) in [6.45, 7) is 2.67. The molecule has 0 amide bonds. The van der Waals surface area contributed by atoms with Gasteiger partial charge >= 0.3 is 0 Å². The zero-order valence-electron chi connectivity index (χ0n) is 12.2. The van der Waals surface area contributed by atoms with Crippen molar-refractivity contribution in [2.24, 2.45) is 0 Å². The number of aromatic amines is 1. The van der Waals surface area contributed by atoms with Crippen LogP contribution >= 0.6 is 0 Å². The molecule has 112 valence electrons. The van der Waals surface area contributed by atoms with Crippen molar-refractivity contribution in [2.75, 3.05) is 17.6 Å². The highest BCUT2D eigenvalue weighted by Crippen LogP contribution is 2.16. The molecule has 0 unspecified atom stereocenters. The van der Waals surface area contributed by atoms with E-state index in [2.05, 4.69) is 31.7 Å². The van der Waals surface area contributed by atoms with Crippen LogP contribution in [0.25, 0.3) is 5.52 Å². The second kappa shape index (κ2) is 5.73. The second-order valence-corrected chi connectivity index (χ2v) is 5.00. The van der Waals surface area contributed by atoms with E-state index in [0.717, 1.165) is 35.7 Å². The van der Waals surface area contributed by atoms with Crippen molar-refractivity contribution in [3.05, 3.63) is 35.4 Å². The Kier molecular flexibility index (Phi) is 3.62. The molecule has 0 aliphatic rings. The van der Waals surface area contributed by atoms with Crippen LogP contribution in [0.2, 0.25) is 0 Å². The van der Waals surface area contributed by atoms with Crippen molar-refractivity contribution in [1.29, 1.82) is 5.26 Å². The van der Waals surface area contributed by atoms with Crippen molar-refractivity contribution in [3.8, 4) is 6.07 Å². The third kappa shape index (κ3) is 2.56. The Morgan fingerprint density at radius 1 is 1.50 bits per heavy atom. The van der Waals surface area contributed by atoms with Crippen LogP contribution in [0.15, 0.2) is 18.5 Å². The van der Waals surface area contributed by atoms with Crippen molar-refractivity contribution >= 4 is 17.2 Å². The largest absolute Gasteiger partial charge is 0.381 e. The summed E-state index contributed by atoms with van der Waals surface area (Å²) in [4.78, 5) is 4.34. The number of nitrogens with two attached hydrogens (primary N) is 1. The maximum absolute atomic E-state index is 9.02. The first-order valence-corrected chi connectivity index (χ1v) is 6.96. The number of fused-ring (bicyclic) bond motifs is 1. The van der Waals surface area contributed by atoms with Crippen molar-refractivity contribution in [3.63, 3.8) is 0 Å². The number of nitriles is 1. The molecule has 0 bridgehead atoms. The topological polar surface area (TPSA) is 121 Å². The molecular weight excluding hydrogens is 280 g/mol. The van der Waals surface area contributed by atoms with Crippen LogP contribution < -0.4 is 11.1 Å². The minimum Gasteiger partial charge on any atom is -0.381 e. The van der Waals surface area contributed by atoms with Crippen LogP contribution in [-0.2, 0) is 6.42 Å². The standard InChI is InChI=1S/C14H16N8/c1-9-7-12-14(18-5-6-22(12)21-9)17-4-2-3-11-10(8-15)13(16)20-19-11/h5-7H,2-4H2,1H3,(H,17,18)(H3,16,19,20). The molecule has 22 heavy (non-hydrogen) atoms. The van der Waals surface area contributed by atoms with Gasteiger partial charge in [0.15, 0.2) is 11.6 Å². The molecule has 0 radical (unpaired) electrons. The van der Waals surface area contributed by atoms with Gasteiger partial charge in [-0.1, -0.05) is 0 Å². The Morgan fingerprint density at radius 2 is 2.36 bits per heavy atom. The number of hydrogen-bond acceptors (Lipinski definition) is 6. The molecule has 4 N–H and O–H groups in total. The Morgan fingerprint density at radius 3 is 3.18 bits per heavy atom. The van der Waals surface area contributed by atoms with Gasteiger partial charge in [-0.2, -0.15) is 15.5 Å². The predicted octanol–water partition coefficient (Wildman–Crippen LogP) is 1.26. The molecule has 0 aliphatic heterocycles. The highest BCUT2D eigenvalue weighted by Gasteiger charge is 2.10. The van der Waals surface area contributed by atoms with Crippen LogP contribution in [0.3, 0.4) is 0 Å². The van der Waals surface area contributed by atoms with Gasteiger partial charge in [-0.05, 0) is 25.8 Å². The summed E-state index contributed by atoms with van der Waals surface area (Å²) in [6.07, 6.45) is 5.05. The molecule has 0 fully saturated rings. The fourth-order valence-corrected chi connectivity index (χ4v) is 2.35. The number of aryl methyl sites for hydroxylation is 2. The summed E-state index contributed by atoms with van der Waals surface area (Å²) >= 11 is 0. The summed E-state index contributed by atoms with van der Waals surface area (Å²) in [5.74, 6) is 1.05. The highest BCUT2D eigenvalue weighted by atomic mass is 15.2. The molecule has 0 saturated heterocycles. The minimum atomic E-state index is 0.256. The lowest BCUT2D eigenvalue weighted by atomic mass is 10.1. The molecular formula is C14H16N8. The fraction of sp³-hybridized carbons (Fsp3) is 0.286. The Labute approximate surface area is 127 Å². The zero-order chi connectivity index (χ0) is 15.5. The number of nitrogens with one attached hydrogen (secondary N) is 2. The van der Waals surface area contributed by atoms with E-state index in [4.69, 9.17) is 11.0 Å². The van der Waals surface area contributed by atoms with Gasteiger partial charge in [0.1, 0.15) is 17.1 Å². The molecule has 0 aromatic carbocycles. The first kappa shape index (κ1) is 13.9. The molecule has 3 rings (SSSR count). The summed E-state index contributed by atoms with van der Waals surface area (Å²) in [5, 5.41) is 23.3. The van der Waals surface area contributed by atoms with E-state index >= 15 is 0 Å². The molecule has 8 nitrogen and oxygen atoms in total. The number of rotatable bonds is 5. The van der Waals surface area contributed by atoms with Crippen LogP contribution in [-0.4, -0.2) is 31.3 Å². The highest BCUT2D eigenvalue weighted by molar-refractivity contribution is 5.67. The molecule has 0 spiro atoms. The Bertz CT molecular complexity index is 838. The minimum absolute atomic E-state index is 0.256. The van der Waals surface area contributed by atoms with Crippen LogP contribution in [0, 0.1) is 18.3 Å². The average molecular weight is 296 g/mol. The van der Waals surface area contributed by atoms with Gasteiger partial charge in [0.25, 0.3) is 0 Å². The monoisotopic (exact) mass is 296 g/mol. The van der Waals surface area contributed by atoms with Gasteiger partial charge in [0.2, 0.25) is 0 Å². The number of hydrogen-bond donors (Lipinski definition) is 3. The SMILES string of the molecule is Cc1cc2c(NCCCc3[nH]nc(N)c3C#N)nccn2n1. The normalized spacial score (nSPS) is 10.7. The molecule has 0 atom stereocenters. The van der Waals surface area contributed by atoms with Crippen LogP contribution in [0.4, 0.5) is 11.6 Å². The number of aromatic nitrogens is 5. The summed E-state index contributed by atoms with van der Waals surface area (Å²) in [6, 6.07) is 4.05. The molecule has 0 saturated carbocycles. The molecule has 8 heteroatoms. The van der Waals surface area contributed by atoms with Gasteiger partial charge in [0, 0.05) is 18.9 Å². The number of nitrogens with zero attached hydrogens (tertiary/aromatic N) is 5. The Hall–Kier alpha value is -3.08. The van der Waals surface area contributed by atoms with Crippen molar-refractivity contribution < 1.29 is 0 Å². The van der Waals surface area contributed by atoms with E-state index in [-0.39, 0.29) is 5.82 Å². The van der Waals surface area contributed by atoms with Gasteiger partial charge in [-0.25, -0.2) is 9.50 Å². The van der Waals surface area contributed by atoms with Gasteiger partial charge in [-0.15, -0.1) is 0 Å². The third-order valence-electron chi connectivity index (χ3n) is 3.39. The van der Waals surface area contributed by atoms with Gasteiger partial charge in [0.05, 0.1) is 11.4 Å². The predicted molar refractivity (Wildman–Crippen MR) is 82.2 cm³/mol. The van der Waals surface area contributed by atoms with Crippen LogP contribution in [0.1, 0.15) is 23.4 Å². The summed E-state index contributed by atoms with van der Waals surface area (Å²) in [7, 11) is 0. The lowest BCUT2D eigenvalue weighted by Gasteiger charge is -2.06. The van der Waals surface area contributed by atoms with Crippen LogP contribution in [0.5, 0.6) is 0 Å². The first-order chi connectivity index (χ1) is 10.7. The smallest absolute Gasteiger partial charge is 0.163 e. The number of H-pyrrole nitrogens is 1. The number of anilines is 2. The maximum Gasteiger partial charge on any atom is 0.163 e. The van der Waals surface area contributed by atoms with Gasteiger partial charge in [-0.3, -0.25) is 5.10 Å². The lowest BCUT2D eigenvalue weighted by Crippen LogP contribution is -2.06.